The van der Waals surface area contributed by atoms with Gasteiger partial charge in [0.2, 0.25) is 0 Å². The van der Waals surface area contributed by atoms with Crippen molar-refractivity contribution in [2.45, 2.75) is 20.3 Å². The van der Waals surface area contributed by atoms with Gasteiger partial charge < -0.3 is 10.3 Å². The van der Waals surface area contributed by atoms with Crippen molar-refractivity contribution in [1.82, 2.24) is 15.0 Å². The Kier molecular flexibility index (Phi) is 2.35. The smallest absolute Gasteiger partial charge is 0.153 e. The van der Waals surface area contributed by atoms with E-state index in [2.05, 4.69) is 34.1 Å². The van der Waals surface area contributed by atoms with Crippen LogP contribution in [0.1, 0.15) is 19.4 Å². The van der Waals surface area contributed by atoms with E-state index in [0.717, 1.165) is 29.8 Å². The minimum atomic E-state index is 0.868. The summed E-state index contributed by atoms with van der Waals surface area (Å²) in [6.07, 6.45) is 4.59. The van der Waals surface area contributed by atoms with Crippen LogP contribution in [0.2, 0.25) is 0 Å². The molecule has 0 saturated heterocycles. The van der Waals surface area contributed by atoms with E-state index in [9.17, 15) is 0 Å². The molecule has 14 heavy (non-hydrogen) atoms. The Balaban J connectivity index is 2.58. The van der Waals surface area contributed by atoms with Crippen molar-refractivity contribution in [3.8, 4) is 0 Å². The van der Waals surface area contributed by atoms with Crippen molar-refractivity contribution in [3.63, 3.8) is 0 Å². The van der Waals surface area contributed by atoms with Gasteiger partial charge in [-0.05, 0) is 18.9 Å². The van der Waals surface area contributed by atoms with E-state index in [1.807, 2.05) is 6.20 Å². The highest BCUT2D eigenvalue weighted by atomic mass is 15.0. The SMILES string of the molecule is CCNc1ncnc2c(CC)c[nH]c12. The van der Waals surface area contributed by atoms with E-state index in [0.29, 0.717) is 0 Å². The number of hydrogen-bond donors (Lipinski definition) is 2. The third kappa shape index (κ3) is 1.32. The largest absolute Gasteiger partial charge is 0.369 e. The molecule has 2 aromatic rings. The predicted molar refractivity (Wildman–Crippen MR) is 57.4 cm³/mol. The molecule has 74 valence electrons. The maximum atomic E-state index is 4.27. The fourth-order valence-corrected chi connectivity index (χ4v) is 1.56. The molecule has 0 saturated carbocycles. The Bertz CT molecular complexity index is 433. The second-order valence-corrected chi connectivity index (χ2v) is 3.14. The summed E-state index contributed by atoms with van der Waals surface area (Å²) in [5.74, 6) is 0.886. The highest BCUT2D eigenvalue weighted by Gasteiger charge is 2.07. The topological polar surface area (TPSA) is 53.6 Å². The zero-order valence-electron chi connectivity index (χ0n) is 8.46. The maximum Gasteiger partial charge on any atom is 0.153 e. The molecule has 0 unspecified atom stereocenters. The van der Waals surface area contributed by atoms with Crippen LogP contribution in [0.5, 0.6) is 0 Å². The highest BCUT2D eigenvalue weighted by Crippen LogP contribution is 2.21. The van der Waals surface area contributed by atoms with Crippen LogP contribution in [0.15, 0.2) is 12.5 Å². The van der Waals surface area contributed by atoms with Gasteiger partial charge in [-0.1, -0.05) is 6.92 Å². The first-order chi connectivity index (χ1) is 6.86. The summed E-state index contributed by atoms with van der Waals surface area (Å²) in [6.45, 7) is 5.04. The molecule has 0 atom stereocenters. The third-order valence-corrected chi connectivity index (χ3v) is 2.27. The molecule has 0 fully saturated rings. The second-order valence-electron chi connectivity index (χ2n) is 3.14. The number of aromatic nitrogens is 3. The van der Waals surface area contributed by atoms with Gasteiger partial charge in [0.15, 0.2) is 5.82 Å². The molecule has 0 amide bonds. The molecule has 0 aliphatic rings. The van der Waals surface area contributed by atoms with Crippen LogP contribution in [0, 0.1) is 0 Å². The van der Waals surface area contributed by atoms with Crippen molar-refractivity contribution in [1.29, 1.82) is 0 Å². The first kappa shape index (κ1) is 8.99. The minimum Gasteiger partial charge on any atom is -0.369 e. The predicted octanol–water partition coefficient (Wildman–Crippen LogP) is 1.95. The average molecular weight is 190 g/mol. The van der Waals surface area contributed by atoms with Gasteiger partial charge in [0, 0.05) is 12.7 Å². The summed E-state index contributed by atoms with van der Waals surface area (Å²) in [5, 5.41) is 3.21. The number of hydrogen-bond acceptors (Lipinski definition) is 3. The first-order valence-corrected chi connectivity index (χ1v) is 4.91. The molecule has 0 aliphatic heterocycles. The van der Waals surface area contributed by atoms with Crippen molar-refractivity contribution in [2.75, 3.05) is 11.9 Å². The lowest BCUT2D eigenvalue weighted by molar-refractivity contribution is 1.12. The summed E-state index contributed by atoms with van der Waals surface area (Å²) >= 11 is 0. The van der Waals surface area contributed by atoms with E-state index in [1.165, 1.54) is 5.56 Å². The Morgan fingerprint density at radius 1 is 1.36 bits per heavy atom. The summed E-state index contributed by atoms with van der Waals surface area (Å²) in [5.41, 5.74) is 3.27. The number of aryl methyl sites for hydroxylation is 1. The maximum absolute atomic E-state index is 4.27. The highest BCUT2D eigenvalue weighted by molar-refractivity contribution is 5.87. The van der Waals surface area contributed by atoms with E-state index in [4.69, 9.17) is 0 Å². The molecule has 0 aliphatic carbocycles. The zero-order valence-corrected chi connectivity index (χ0v) is 8.46. The molecule has 2 N–H and O–H groups in total. The summed E-state index contributed by atoms with van der Waals surface area (Å²) in [4.78, 5) is 11.7. The Labute approximate surface area is 82.8 Å². The van der Waals surface area contributed by atoms with E-state index >= 15 is 0 Å². The van der Waals surface area contributed by atoms with Gasteiger partial charge in [0.25, 0.3) is 0 Å². The van der Waals surface area contributed by atoms with E-state index in [-0.39, 0.29) is 0 Å². The lowest BCUT2D eigenvalue weighted by Crippen LogP contribution is -2.00. The number of fused-ring (bicyclic) bond motifs is 1. The Hall–Kier alpha value is -1.58. The quantitative estimate of drug-likeness (QED) is 0.777. The Morgan fingerprint density at radius 3 is 2.93 bits per heavy atom. The third-order valence-electron chi connectivity index (χ3n) is 2.27. The van der Waals surface area contributed by atoms with Gasteiger partial charge in [-0.3, -0.25) is 0 Å². The summed E-state index contributed by atoms with van der Waals surface area (Å²) in [6, 6.07) is 0. The van der Waals surface area contributed by atoms with Gasteiger partial charge >= 0.3 is 0 Å². The fraction of sp³-hybridized carbons (Fsp3) is 0.400. The molecule has 4 nitrogen and oxygen atoms in total. The lowest BCUT2D eigenvalue weighted by atomic mass is 10.2. The van der Waals surface area contributed by atoms with Crippen molar-refractivity contribution < 1.29 is 0 Å². The van der Waals surface area contributed by atoms with Gasteiger partial charge in [-0.15, -0.1) is 0 Å². The van der Waals surface area contributed by atoms with Gasteiger partial charge in [0.05, 0.1) is 5.52 Å². The number of aromatic amines is 1. The molecular weight excluding hydrogens is 176 g/mol. The minimum absolute atomic E-state index is 0.868. The van der Waals surface area contributed by atoms with E-state index < -0.39 is 0 Å². The molecule has 0 radical (unpaired) electrons. The van der Waals surface area contributed by atoms with Crippen LogP contribution in [-0.2, 0) is 6.42 Å². The van der Waals surface area contributed by atoms with Crippen molar-refractivity contribution in [2.24, 2.45) is 0 Å². The molecule has 2 rings (SSSR count). The van der Waals surface area contributed by atoms with E-state index in [1.54, 1.807) is 6.33 Å². The summed E-state index contributed by atoms with van der Waals surface area (Å²) < 4.78 is 0. The Morgan fingerprint density at radius 2 is 2.21 bits per heavy atom. The molecule has 4 heteroatoms. The standard InChI is InChI=1S/C10H14N4/c1-3-7-5-12-9-8(7)13-6-14-10(9)11-4-2/h5-6,12H,3-4H2,1-2H3,(H,11,13,14). The van der Waals surface area contributed by atoms with Gasteiger partial charge in [-0.2, -0.15) is 0 Å². The monoisotopic (exact) mass is 190 g/mol. The van der Waals surface area contributed by atoms with Crippen LogP contribution < -0.4 is 5.32 Å². The van der Waals surface area contributed by atoms with Crippen LogP contribution in [0.3, 0.4) is 0 Å². The molecular formula is C10H14N4. The molecule has 0 aromatic carbocycles. The van der Waals surface area contributed by atoms with Crippen LogP contribution in [0.25, 0.3) is 11.0 Å². The zero-order chi connectivity index (χ0) is 9.97. The number of anilines is 1. The number of nitrogens with one attached hydrogen (secondary N) is 2. The van der Waals surface area contributed by atoms with Crippen LogP contribution in [0.4, 0.5) is 5.82 Å². The molecule has 0 spiro atoms. The lowest BCUT2D eigenvalue weighted by Gasteiger charge is -2.02. The van der Waals surface area contributed by atoms with Crippen LogP contribution >= 0.6 is 0 Å². The molecule has 2 aromatic heterocycles. The van der Waals surface area contributed by atoms with Gasteiger partial charge in [0.1, 0.15) is 11.8 Å². The van der Waals surface area contributed by atoms with Crippen LogP contribution in [-0.4, -0.2) is 21.5 Å². The molecule has 2 heterocycles. The summed E-state index contributed by atoms with van der Waals surface area (Å²) in [7, 11) is 0. The van der Waals surface area contributed by atoms with Gasteiger partial charge in [-0.25, -0.2) is 9.97 Å². The number of rotatable bonds is 3. The second kappa shape index (κ2) is 3.65. The number of H-pyrrole nitrogens is 1. The molecule has 0 bridgehead atoms. The average Bonchev–Trinajstić information content (AvgIpc) is 2.62. The van der Waals surface area contributed by atoms with Crippen molar-refractivity contribution in [3.05, 3.63) is 18.1 Å². The van der Waals surface area contributed by atoms with Crippen molar-refractivity contribution >= 4 is 16.9 Å². The fourth-order valence-electron chi connectivity index (χ4n) is 1.56. The number of nitrogens with zero attached hydrogens (tertiary/aromatic N) is 2. The normalized spacial score (nSPS) is 10.7. The first-order valence-electron chi connectivity index (χ1n) is 4.91.